The monoisotopic (exact) mass is 280 g/mol. The lowest BCUT2D eigenvalue weighted by Gasteiger charge is -2.08. The van der Waals surface area contributed by atoms with Gasteiger partial charge < -0.3 is 5.32 Å². The van der Waals surface area contributed by atoms with Crippen LogP contribution in [0.1, 0.15) is 5.56 Å². The van der Waals surface area contributed by atoms with Crippen molar-refractivity contribution in [2.75, 3.05) is 5.32 Å². The topological polar surface area (TPSA) is 55.2 Å². The maximum Gasteiger partial charge on any atom is 0.269 e. The fourth-order valence-corrected chi connectivity index (χ4v) is 1.78. The fourth-order valence-electron chi connectivity index (χ4n) is 1.61. The van der Waals surface area contributed by atoms with Gasteiger partial charge in [-0.15, -0.1) is 0 Å². The van der Waals surface area contributed by atoms with Crippen molar-refractivity contribution in [2.45, 2.75) is 6.54 Å². The van der Waals surface area contributed by atoms with Gasteiger partial charge in [-0.25, -0.2) is 4.39 Å². The van der Waals surface area contributed by atoms with Crippen molar-refractivity contribution in [3.05, 3.63) is 69.0 Å². The lowest BCUT2D eigenvalue weighted by Crippen LogP contribution is -2.02. The second-order valence-electron chi connectivity index (χ2n) is 3.90. The molecule has 0 radical (unpaired) electrons. The summed E-state index contributed by atoms with van der Waals surface area (Å²) in [6.07, 6.45) is 0. The van der Waals surface area contributed by atoms with E-state index in [2.05, 4.69) is 5.32 Å². The summed E-state index contributed by atoms with van der Waals surface area (Å²) in [6, 6.07) is 10.3. The summed E-state index contributed by atoms with van der Waals surface area (Å²) in [5.41, 5.74) is 0.957. The van der Waals surface area contributed by atoms with Gasteiger partial charge in [0.1, 0.15) is 5.82 Å². The van der Waals surface area contributed by atoms with Crippen molar-refractivity contribution < 1.29 is 9.31 Å². The van der Waals surface area contributed by atoms with Crippen LogP contribution in [0.25, 0.3) is 0 Å². The zero-order chi connectivity index (χ0) is 13.8. The number of benzene rings is 2. The molecule has 0 fully saturated rings. The number of hydrogen-bond donors (Lipinski definition) is 1. The molecule has 0 aliphatic rings. The molecule has 0 atom stereocenters. The van der Waals surface area contributed by atoms with Gasteiger partial charge in [0.05, 0.1) is 10.6 Å². The van der Waals surface area contributed by atoms with E-state index in [0.29, 0.717) is 10.6 Å². The Kier molecular flexibility index (Phi) is 3.97. The standard InChI is InChI=1S/C13H10ClFN2O2/c14-10-4-5-12(15)13(7-10)16-8-9-2-1-3-11(6-9)17(18)19/h1-7,16H,8H2. The van der Waals surface area contributed by atoms with Crippen LogP contribution in [0.15, 0.2) is 42.5 Å². The molecule has 0 unspecified atom stereocenters. The van der Waals surface area contributed by atoms with Crippen molar-refractivity contribution >= 4 is 23.0 Å². The van der Waals surface area contributed by atoms with Crippen molar-refractivity contribution in [3.63, 3.8) is 0 Å². The van der Waals surface area contributed by atoms with E-state index in [9.17, 15) is 14.5 Å². The second kappa shape index (κ2) is 5.67. The predicted molar refractivity (Wildman–Crippen MR) is 71.8 cm³/mol. The number of halogens is 2. The molecule has 0 aromatic heterocycles. The second-order valence-corrected chi connectivity index (χ2v) is 4.34. The highest BCUT2D eigenvalue weighted by atomic mass is 35.5. The minimum atomic E-state index is -0.469. The average molecular weight is 281 g/mol. The molecule has 0 aliphatic heterocycles. The van der Waals surface area contributed by atoms with E-state index in [-0.39, 0.29) is 17.9 Å². The maximum absolute atomic E-state index is 13.5. The highest BCUT2D eigenvalue weighted by Crippen LogP contribution is 2.21. The number of rotatable bonds is 4. The number of nitro groups is 1. The zero-order valence-corrected chi connectivity index (χ0v) is 10.5. The maximum atomic E-state index is 13.5. The molecule has 98 valence electrons. The van der Waals surface area contributed by atoms with Crippen LogP contribution < -0.4 is 5.32 Å². The number of nitrogens with zero attached hydrogens (tertiary/aromatic N) is 1. The highest BCUT2D eigenvalue weighted by Gasteiger charge is 2.07. The number of hydrogen-bond acceptors (Lipinski definition) is 3. The van der Waals surface area contributed by atoms with Crippen LogP contribution in [-0.4, -0.2) is 4.92 Å². The van der Waals surface area contributed by atoms with Crippen LogP contribution in [0.3, 0.4) is 0 Å². The van der Waals surface area contributed by atoms with E-state index in [1.807, 2.05) is 0 Å². The first-order valence-corrected chi connectivity index (χ1v) is 5.86. The van der Waals surface area contributed by atoms with E-state index in [0.717, 1.165) is 0 Å². The van der Waals surface area contributed by atoms with Crippen molar-refractivity contribution in [1.29, 1.82) is 0 Å². The van der Waals surface area contributed by atoms with Gasteiger partial charge in [-0.2, -0.15) is 0 Å². The Morgan fingerprint density at radius 2 is 2.05 bits per heavy atom. The number of nitro benzene ring substituents is 1. The fraction of sp³-hybridized carbons (Fsp3) is 0.0769. The van der Waals surface area contributed by atoms with Crippen LogP contribution >= 0.6 is 11.6 Å². The number of anilines is 1. The van der Waals surface area contributed by atoms with E-state index < -0.39 is 10.7 Å². The molecule has 0 amide bonds. The summed E-state index contributed by atoms with van der Waals surface area (Å²) in [7, 11) is 0. The third-order valence-electron chi connectivity index (χ3n) is 2.53. The van der Waals surface area contributed by atoms with Gasteiger partial charge in [-0.3, -0.25) is 10.1 Å². The van der Waals surface area contributed by atoms with Gasteiger partial charge in [0, 0.05) is 23.7 Å². The first-order chi connectivity index (χ1) is 9.06. The lowest BCUT2D eigenvalue weighted by molar-refractivity contribution is -0.384. The van der Waals surface area contributed by atoms with Crippen LogP contribution in [-0.2, 0) is 6.54 Å². The number of nitrogens with one attached hydrogen (secondary N) is 1. The zero-order valence-electron chi connectivity index (χ0n) is 9.77. The van der Waals surface area contributed by atoms with E-state index >= 15 is 0 Å². The Balaban J connectivity index is 2.12. The van der Waals surface area contributed by atoms with Crippen molar-refractivity contribution in [2.24, 2.45) is 0 Å². The normalized spacial score (nSPS) is 10.2. The summed E-state index contributed by atoms with van der Waals surface area (Å²) in [5.74, 6) is -0.421. The van der Waals surface area contributed by atoms with E-state index in [4.69, 9.17) is 11.6 Å². The summed E-state index contributed by atoms with van der Waals surface area (Å²) in [6.45, 7) is 0.277. The van der Waals surface area contributed by atoms with E-state index in [1.54, 1.807) is 12.1 Å². The van der Waals surface area contributed by atoms with Crippen molar-refractivity contribution in [3.8, 4) is 0 Å². The van der Waals surface area contributed by atoms with Crippen LogP contribution in [0, 0.1) is 15.9 Å². The largest absolute Gasteiger partial charge is 0.379 e. The van der Waals surface area contributed by atoms with Gasteiger partial charge in [0.2, 0.25) is 0 Å². The minimum absolute atomic E-state index is 0.00543. The smallest absolute Gasteiger partial charge is 0.269 e. The molecule has 0 spiro atoms. The van der Waals surface area contributed by atoms with Crippen LogP contribution in [0.4, 0.5) is 15.8 Å². The molecular formula is C13H10ClFN2O2. The predicted octanol–water partition coefficient (Wildman–Crippen LogP) is 4.00. The van der Waals surface area contributed by atoms with Crippen LogP contribution in [0.5, 0.6) is 0 Å². The molecule has 0 heterocycles. The summed E-state index contributed by atoms with van der Waals surface area (Å²) >= 11 is 5.77. The third kappa shape index (κ3) is 3.42. The summed E-state index contributed by atoms with van der Waals surface area (Å²) in [5, 5.41) is 13.9. The Morgan fingerprint density at radius 3 is 2.79 bits per heavy atom. The van der Waals surface area contributed by atoms with Gasteiger partial charge in [0.25, 0.3) is 5.69 Å². The average Bonchev–Trinajstić information content (AvgIpc) is 2.40. The van der Waals surface area contributed by atoms with Crippen molar-refractivity contribution in [1.82, 2.24) is 0 Å². The Bertz CT molecular complexity index is 619. The molecule has 2 rings (SSSR count). The lowest BCUT2D eigenvalue weighted by atomic mass is 10.2. The Labute approximate surface area is 114 Å². The van der Waals surface area contributed by atoms with Gasteiger partial charge >= 0.3 is 0 Å². The number of non-ortho nitro benzene ring substituents is 1. The molecule has 0 aliphatic carbocycles. The molecule has 2 aromatic carbocycles. The molecule has 1 N–H and O–H groups in total. The molecule has 4 nitrogen and oxygen atoms in total. The minimum Gasteiger partial charge on any atom is -0.379 e. The van der Waals surface area contributed by atoms with Gasteiger partial charge in [0.15, 0.2) is 0 Å². The Hall–Kier alpha value is -2.14. The van der Waals surface area contributed by atoms with E-state index in [1.165, 1.54) is 30.3 Å². The first kappa shape index (κ1) is 13.3. The molecule has 0 bridgehead atoms. The molecule has 2 aromatic rings. The highest BCUT2D eigenvalue weighted by molar-refractivity contribution is 6.30. The van der Waals surface area contributed by atoms with Gasteiger partial charge in [-0.1, -0.05) is 23.7 Å². The molecular weight excluding hydrogens is 271 g/mol. The quantitative estimate of drug-likeness (QED) is 0.680. The third-order valence-corrected chi connectivity index (χ3v) is 2.77. The Morgan fingerprint density at radius 1 is 1.26 bits per heavy atom. The summed E-state index contributed by atoms with van der Waals surface area (Å²) < 4.78 is 13.5. The first-order valence-electron chi connectivity index (χ1n) is 5.48. The van der Waals surface area contributed by atoms with Crippen LogP contribution in [0.2, 0.25) is 5.02 Å². The summed E-state index contributed by atoms with van der Waals surface area (Å²) in [4.78, 5) is 10.2. The van der Waals surface area contributed by atoms with Gasteiger partial charge in [-0.05, 0) is 23.8 Å². The molecule has 19 heavy (non-hydrogen) atoms. The molecule has 6 heteroatoms. The molecule has 0 saturated heterocycles. The molecule has 0 saturated carbocycles. The SMILES string of the molecule is O=[N+]([O-])c1cccc(CNc2cc(Cl)ccc2F)c1.